The second-order valence-corrected chi connectivity index (χ2v) is 5.31. The van der Waals surface area contributed by atoms with Gasteiger partial charge in [0.1, 0.15) is 5.75 Å². The first-order valence-corrected chi connectivity index (χ1v) is 7.05. The maximum atomic E-state index is 12.1. The molecule has 0 radical (unpaired) electrons. The molecule has 1 fully saturated rings. The van der Waals surface area contributed by atoms with Gasteiger partial charge >= 0.3 is 12.0 Å². The summed E-state index contributed by atoms with van der Waals surface area (Å²) in [5, 5.41) is 11.4. The minimum Gasteiger partial charge on any atom is -0.482 e. The van der Waals surface area contributed by atoms with Crippen LogP contribution in [-0.4, -0.2) is 41.7 Å². The molecule has 1 heterocycles. The molecule has 6 nitrogen and oxygen atoms in total. The Morgan fingerprint density at radius 1 is 1.38 bits per heavy atom. The summed E-state index contributed by atoms with van der Waals surface area (Å²) in [6.07, 6.45) is 2.05. The summed E-state index contributed by atoms with van der Waals surface area (Å²) in [5.74, 6) is 0.0520. The van der Waals surface area contributed by atoms with Crippen LogP contribution in [0.5, 0.6) is 5.75 Å². The van der Waals surface area contributed by atoms with Gasteiger partial charge in [-0.25, -0.2) is 9.59 Å². The van der Waals surface area contributed by atoms with Crippen LogP contribution >= 0.6 is 0 Å². The Balaban J connectivity index is 1.91. The van der Waals surface area contributed by atoms with Crippen LogP contribution in [0.4, 0.5) is 10.5 Å². The van der Waals surface area contributed by atoms with E-state index in [1.54, 1.807) is 29.2 Å². The average Bonchev–Trinajstić information content (AvgIpc) is 2.46. The molecule has 0 spiro atoms. The normalized spacial score (nSPS) is 15.6. The molecule has 0 aromatic heterocycles. The molecule has 2 N–H and O–H groups in total. The van der Waals surface area contributed by atoms with Crippen molar-refractivity contribution in [3.8, 4) is 5.75 Å². The van der Waals surface area contributed by atoms with Crippen molar-refractivity contribution in [3.63, 3.8) is 0 Å². The molecule has 0 atom stereocenters. The number of hydrogen-bond donors (Lipinski definition) is 2. The largest absolute Gasteiger partial charge is 0.482 e. The third kappa shape index (κ3) is 4.66. The highest BCUT2D eigenvalue weighted by molar-refractivity contribution is 5.89. The summed E-state index contributed by atoms with van der Waals surface area (Å²) in [6, 6.07) is 6.61. The van der Waals surface area contributed by atoms with Gasteiger partial charge in [0.2, 0.25) is 0 Å². The summed E-state index contributed by atoms with van der Waals surface area (Å²) >= 11 is 0. The van der Waals surface area contributed by atoms with Crippen LogP contribution in [0, 0.1) is 5.92 Å². The number of amides is 2. The topological polar surface area (TPSA) is 78.9 Å². The molecule has 0 unspecified atom stereocenters. The first kappa shape index (κ1) is 15.2. The average molecular weight is 292 g/mol. The van der Waals surface area contributed by atoms with Crippen molar-refractivity contribution in [1.82, 2.24) is 4.90 Å². The van der Waals surface area contributed by atoms with Gasteiger partial charge < -0.3 is 20.1 Å². The van der Waals surface area contributed by atoms with Gasteiger partial charge in [-0.2, -0.15) is 0 Å². The predicted octanol–water partition coefficient (Wildman–Crippen LogP) is 2.41. The number of hydrogen-bond acceptors (Lipinski definition) is 3. The van der Waals surface area contributed by atoms with Crippen LogP contribution in [-0.2, 0) is 4.79 Å². The molecule has 1 aromatic carbocycles. The smallest absolute Gasteiger partial charge is 0.341 e. The van der Waals surface area contributed by atoms with Gasteiger partial charge in [0, 0.05) is 24.8 Å². The maximum Gasteiger partial charge on any atom is 0.341 e. The van der Waals surface area contributed by atoms with Gasteiger partial charge in [-0.15, -0.1) is 0 Å². The van der Waals surface area contributed by atoms with Gasteiger partial charge in [-0.3, -0.25) is 0 Å². The lowest BCUT2D eigenvalue weighted by Gasteiger charge is -2.30. The fourth-order valence-corrected chi connectivity index (χ4v) is 2.22. The molecular weight excluding hydrogens is 272 g/mol. The standard InChI is InChI=1S/C15H20N2O4/c1-11-5-7-17(8-6-11)15(20)16-12-3-2-4-13(9-12)21-10-14(18)19/h2-4,9,11H,5-8,10H2,1H3,(H,16,20)(H,18,19). The molecule has 1 aliphatic heterocycles. The molecule has 2 amide bonds. The lowest BCUT2D eigenvalue weighted by molar-refractivity contribution is -0.139. The van der Waals surface area contributed by atoms with Crippen molar-refractivity contribution in [2.75, 3.05) is 25.0 Å². The number of nitrogens with zero attached hydrogens (tertiary/aromatic N) is 1. The van der Waals surface area contributed by atoms with Crippen molar-refractivity contribution < 1.29 is 19.4 Å². The fourth-order valence-electron chi connectivity index (χ4n) is 2.22. The fraction of sp³-hybridized carbons (Fsp3) is 0.467. The molecule has 21 heavy (non-hydrogen) atoms. The van der Waals surface area contributed by atoms with Crippen LogP contribution in [0.25, 0.3) is 0 Å². The number of rotatable bonds is 4. The Kier molecular flexibility index (Phi) is 5.03. The second-order valence-electron chi connectivity index (χ2n) is 5.31. The van der Waals surface area contributed by atoms with Crippen LogP contribution in [0.1, 0.15) is 19.8 Å². The lowest BCUT2D eigenvalue weighted by Crippen LogP contribution is -2.40. The third-order valence-electron chi connectivity index (χ3n) is 3.52. The number of likely N-dealkylation sites (tertiary alicyclic amines) is 1. The van der Waals surface area contributed by atoms with E-state index >= 15 is 0 Å². The number of nitrogens with one attached hydrogen (secondary N) is 1. The quantitative estimate of drug-likeness (QED) is 0.893. The van der Waals surface area contributed by atoms with Gasteiger partial charge in [0.25, 0.3) is 0 Å². The Labute approximate surface area is 123 Å². The molecular formula is C15H20N2O4. The van der Waals surface area contributed by atoms with Gasteiger partial charge in [0.05, 0.1) is 0 Å². The van der Waals surface area contributed by atoms with E-state index in [9.17, 15) is 9.59 Å². The van der Waals surface area contributed by atoms with E-state index in [1.807, 2.05) is 0 Å². The minimum absolute atomic E-state index is 0.128. The van der Waals surface area contributed by atoms with Gasteiger partial charge in [-0.05, 0) is 30.9 Å². The van der Waals surface area contributed by atoms with Crippen molar-refractivity contribution in [1.29, 1.82) is 0 Å². The van der Waals surface area contributed by atoms with E-state index < -0.39 is 12.6 Å². The Morgan fingerprint density at radius 3 is 2.76 bits per heavy atom. The molecule has 1 aliphatic rings. The Hall–Kier alpha value is -2.24. The highest BCUT2D eigenvalue weighted by Crippen LogP contribution is 2.20. The molecule has 0 aliphatic carbocycles. The van der Waals surface area contributed by atoms with E-state index in [1.165, 1.54) is 0 Å². The molecule has 1 aromatic rings. The van der Waals surface area contributed by atoms with Crippen LogP contribution in [0.2, 0.25) is 0 Å². The number of anilines is 1. The van der Waals surface area contributed by atoms with Crippen molar-refractivity contribution in [3.05, 3.63) is 24.3 Å². The number of carbonyl (C=O) groups excluding carboxylic acids is 1. The number of aliphatic carboxylic acids is 1. The minimum atomic E-state index is -1.04. The van der Waals surface area contributed by atoms with E-state index in [0.29, 0.717) is 17.4 Å². The van der Waals surface area contributed by atoms with E-state index in [0.717, 1.165) is 25.9 Å². The lowest BCUT2D eigenvalue weighted by atomic mass is 10.00. The van der Waals surface area contributed by atoms with Gasteiger partial charge in [0.15, 0.2) is 6.61 Å². The number of urea groups is 1. The zero-order chi connectivity index (χ0) is 15.2. The first-order chi connectivity index (χ1) is 10.0. The molecule has 6 heteroatoms. The number of benzene rings is 1. The zero-order valence-electron chi connectivity index (χ0n) is 12.0. The predicted molar refractivity (Wildman–Crippen MR) is 78.6 cm³/mol. The first-order valence-electron chi connectivity index (χ1n) is 7.05. The Bertz CT molecular complexity index is 510. The van der Waals surface area contributed by atoms with E-state index in [2.05, 4.69) is 12.2 Å². The highest BCUT2D eigenvalue weighted by atomic mass is 16.5. The molecule has 0 bridgehead atoms. The molecule has 0 saturated carbocycles. The van der Waals surface area contributed by atoms with Crippen LogP contribution in [0.3, 0.4) is 0 Å². The Morgan fingerprint density at radius 2 is 2.10 bits per heavy atom. The SMILES string of the molecule is CC1CCN(C(=O)Nc2cccc(OCC(=O)O)c2)CC1. The molecule has 1 saturated heterocycles. The number of ether oxygens (including phenoxy) is 1. The van der Waals surface area contributed by atoms with E-state index in [-0.39, 0.29) is 6.03 Å². The number of carbonyl (C=O) groups is 2. The highest BCUT2D eigenvalue weighted by Gasteiger charge is 2.20. The number of piperidine rings is 1. The zero-order valence-corrected chi connectivity index (χ0v) is 12.0. The number of carboxylic acids is 1. The summed E-state index contributed by atoms with van der Waals surface area (Å²) in [7, 11) is 0. The maximum absolute atomic E-state index is 12.1. The van der Waals surface area contributed by atoms with Crippen LogP contribution < -0.4 is 10.1 Å². The van der Waals surface area contributed by atoms with E-state index in [4.69, 9.17) is 9.84 Å². The van der Waals surface area contributed by atoms with Crippen molar-refractivity contribution in [2.45, 2.75) is 19.8 Å². The number of carboxylic acid groups (broad SMARTS) is 1. The van der Waals surface area contributed by atoms with Crippen molar-refractivity contribution in [2.24, 2.45) is 5.92 Å². The second kappa shape index (κ2) is 6.97. The summed E-state index contributed by atoms with van der Waals surface area (Å²) in [6.45, 7) is 3.32. The third-order valence-corrected chi connectivity index (χ3v) is 3.52. The molecule has 114 valence electrons. The molecule has 2 rings (SSSR count). The summed E-state index contributed by atoms with van der Waals surface area (Å²) in [5.41, 5.74) is 0.599. The monoisotopic (exact) mass is 292 g/mol. The van der Waals surface area contributed by atoms with Gasteiger partial charge in [-0.1, -0.05) is 13.0 Å². The summed E-state index contributed by atoms with van der Waals surface area (Å²) < 4.78 is 5.08. The summed E-state index contributed by atoms with van der Waals surface area (Å²) in [4.78, 5) is 24.4. The van der Waals surface area contributed by atoms with Crippen molar-refractivity contribution >= 4 is 17.7 Å². The van der Waals surface area contributed by atoms with Crippen LogP contribution in [0.15, 0.2) is 24.3 Å².